The molecule has 0 saturated carbocycles. The SMILES string of the molecule is Cl.O=C=Nc1c(Cl)cc(CN2CCCC2)cc1Cl. The summed E-state index contributed by atoms with van der Waals surface area (Å²) in [4.78, 5) is 16.1. The van der Waals surface area contributed by atoms with E-state index in [0.717, 1.165) is 25.2 Å². The van der Waals surface area contributed by atoms with Crippen molar-refractivity contribution in [3.05, 3.63) is 27.7 Å². The van der Waals surface area contributed by atoms with Gasteiger partial charge in [0, 0.05) is 6.54 Å². The summed E-state index contributed by atoms with van der Waals surface area (Å²) in [6, 6.07) is 3.61. The van der Waals surface area contributed by atoms with Crippen LogP contribution in [0.4, 0.5) is 5.69 Å². The molecule has 0 aliphatic carbocycles. The van der Waals surface area contributed by atoms with Gasteiger partial charge in [-0.15, -0.1) is 12.4 Å². The molecule has 0 atom stereocenters. The van der Waals surface area contributed by atoms with E-state index in [1.54, 1.807) is 0 Å². The largest absolute Gasteiger partial charge is 0.299 e. The highest BCUT2D eigenvalue weighted by molar-refractivity contribution is 6.38. The van der Waals surface area contributed by atoms with Crippen LogP contribution in [0.15, 0.2) is 17.1 Å². The molecule has 0 radical (unpaired) electrons. The molecule has 3 nitrogen and oxygen atoms in total. The average Bonchev–Trinajstić information content (AvgIpc) is 2.76. The van der Waals surface area contributed by atoms with Crippen molar-refractivity contribution in [1.29, 1.82) is 0 Å². The second-order valence-corrected chi connectivity index (χ2v) is 4.91. The van der Waals surface area contributed by atoms with Crippen LogP contribution in [0.5, 0.6) is 0 Å². The Kier molecular flexibility index (Phi) is 6.13. The number of hydrogen-bond donors (Lipinski definition) is 0. The summed E-state index contributed by atoms with van der Waals surface area (Å²) in [5.41, 5.74) is 1.35. The van der Waals surface area contributed by atoms with Crippen molar-refractivity contribution in [2.24, 2.45) is 4.99 Å². The van der Waals surface area contributed by atoms with E-state index in [1.807, 2.05) is 12.1 Å². The molecule has 1 fully saturated rings. The summed E-state index contributed by atoms with van der Waals surface area (Å²) in [6.45, 7) is 3.07. The zero-order valence-corrected chi connectivity index (χ0v) is 12.0. The van der Waals surface area contributed by atoms with Crippen LogP contribution in [0.3, 0.4) is 0 Å². The Morgan fingerprint density at radius 2 is 1.78 bits per heavy atom. The van der Waals surface area contributed by atoms with Gasteiger partial charge in [-0.25, -0.2) is 4.79 Å². The van der Waals surface area contributed by atoms with Gasteiger partial charge in [0.2, 0.25) is 6.08 Å². The molecule has 0 spiro atoms. The van der Waals surface area contributed by atoms with Gasteiger partial charge >= 0.3 is 0 Å². The van der Waals surface area contributed by atoms with Gasteiger partial charge in [-0.1, -0.05) is 23.2 Å². The van der Waals surface area contributed by atoms with E-state index in [2.05, 4.69) is 9.89 Å². The number of carbonyl (C=O) groups excluding carboxylic acids is 1. The van der Waals surface area contributed by atoms with Crippen LogP contribution in [0, 0.1) is 0 Å². The van der Waals surface area contributed by atoms with Gasteiger partial charge in [0.1, 0.15) is 5.69 Å². The Morgan fingerprint density at radius 3 is 2.28 bits per heavy atom. The Morgan fingerprint density at radius 1 is 1.22 bits per heavy atom. The summed E-state index contributed by atoms with van der Waals surface area (Å²) >= 11 is 12.0. The Balaban J connectivity index is 0.00000162. The van der Waals surface area contributed by atoms with Gasteiger partial charge in [0.05, 0.1) is 10.0 Å². The van der Waals surface area contributed by atoms with Crippen LogP contribution in [-0.2, 0) is 11.3 Å². The van der Waals surface area contributed by atoms with Crippen LogP contribution in [0.2, 0.25) is 10.0 Å². The minimum atomic E-state index is 0. The number of isocyanates is 1. The maximum absolute atomic E-state index is 10.2. The Hall–Kier alpha value is -0.570. The lowest BCUT2D eigenvalue weighted by molar-refractivity contribution is 0.331. The van der Waals surface area contributed by atoms with Crippen LogP contribution in [0.1, 0.15) is 18.4 Å². The fraction of sp³-hybridized carbons (Fsp3) is 0.417. The van der Waals surface area contributed by atoms with E-state index in [4.69, 9.17) is 23.2 Å². The molecule has 2 rings (SSSR count). The third-order valence-corrected chi connectivity index (χ3v) is 3.42. The first-order chi connectivity index (χ1) is 8.20. The maximum atomic E-state index is 10.2. The summed E-state index contributed by atoms with van der Waals surface area (Å²) in [5, 5.41) is 0.796. The lowest BCUT2D eigenvalue weighted by atomic mass is 10.2. The first kappa shape index (κ1) is 15.5. The summed E-state index contributed by atoms with van der Waals surface area (Å²) in [5.74, 6) is 0. The number of rotatable bonds is 3. The monoisotopic (exact) mass is 306 g/mol. The molecule has 1 aromatic rings. The van der Waals surface area contributed by atoms with E-state index in [0.29, 0.717) is 15.7 Å². The lowest BCUT2D eigenvalue weighted by Gasteiger charge is -2.15. The number of aliphatic imine (C=N–C) groups is 1. The van der Waals surface area contributed by atoms with Gasteiger partial charge in [-0.2, -0.15) is 4.99 Å². The van der Waals surface area contributed by atoms with E-state index in [1.165, 1.54) is 18.9 Å². The van der Waals surface area contributed by atoms with Crippen molar-refractivity contribution in [2.45, 2.75) is 19.4 Å². The van der Waals surface area contributed by atoms with Crippen molar-refractivity contribution in [3.8, 4) is 0 Å². The Bertz CT molecular complexity index is 443. The van der Waals surface area contributed by atoms with Crippen LogP contribution >= 0.6 is 35.6 Å². The van der Waals surface area contributed by atoms with Crippen molar-refractivity contribution in [1.82, 2.24) is 4.90 Å². The molecule has 0 aromatic heterocycles. The lowest BCUT2D eigenvalue weighted by Crippen LogP contribution is -2.18. The van der Waals surface area contributed by atoms with E-state index >= 15 is 0 Å². The quantitative estimate of drug-likeness (QED) is 0.625. The average molecular weight is 308 g/mol. The molecule has 1 heterocycles. The van der Waals surface area contributed by atoms with Crippen molar-refractivity contribution in [3.63, 3.8) is 0 Å². The topological polar surface area (TPSA) is 32.7 Å². The van der Waals surface area contributed by atoms with Gasteiger partial charge in [0.25, 0.3) is 0 Å². The van der Waals surface area contributed by atoms with Gasteiger partial charge in [0.15, 0.2) is 0 Å². The molecule has 98 valence electrons. The minimum absolute atomic E-state index is 0. The second-order valence-electron chi connectivity index (χ2n) is 4.09. The zero-order chi connectivity index (χ0) is 12.3. The molecule has 0 amide bonds. The molecule has 0 unspecified atom stereocenters. The zero-order valence-electron chi connectivity index (χ0n) is 9.66. The third-order valence-electron chi connectivity index (χ3n) is 2.84. The fourth-order valence-corrected chi connectivity index (χ4v) is 2.68. The van der Waals surface area contributed by atoms with Crippen LogP contribution in [-0.4, -0.2) is 24.1 Å². The highest BCUT2D eigenvalue weighted by Crippen LogP contribution is 2.34. The second kappa shape index (κ2) is 7.13. The van der Waals surface area contributed by atoms with Gasteiger partial charge in [-0.05, 0) is 43.6 Å². The molecule has 6 heteroatoms. The highest BCUT2D eigenvalue weighted by atomic mass is 35.5. The van der Waals surface area contributed by atoms with Crippen molar-refractivity contribution < 1.29 is 4.79 Å². The predicted octanol–water partition coefficient (Wildman–Crippen LogP) is 3.98. The number of benzene rings is 1. The standard InChI is InChI=1S/C12H12Cl2N2O.ClH/c13-10-5-9(7-16-3-1-2-4-16)6-11(14)12(10)15-8-17;/h5-6H,1-4,7H2;1H. The minimum Gasteiger partial charge on any atom is -0.299 e. The van der Waals surface area contributed by atoms with Crippen molar-refractivity contribution >= 4 is 47.4 Å². The molecule has 1 aliphatic heterocycles. The molecule has 18 heavy (non-hydrogen) atoms. The summed E-state index contributed by atoms with van der Waals surface area (Å²) in [7, 11) is 0. The number of hydrogen-bond acceptors (Lipinski definition) is 3. The first-order valence-electron chi connectivity index (χ1n) is 5.49. The molecular formula is C12H13Cl3N2O. The van der Waals surface area contributed by atoms with E-state index in [-0.39, 0.29) is 12.4 Å². The van der Waals surface area contributed by atoms with E-state index < -0.39 is 0 Å². The molecule has 0 bridgehead atoms. The van der Waals surface area contributed by atoms with Crippen LogP contribution in [0.25, 0.3) is 0 Å². The Labute approximate surface area is 122 Å². The first-order valence-corrected chi connectivity index (χ1v) is 6.24. The number of likely N-dealkylation sites (tertiary alicyclic amines) is 1. The number of nitrogens with zero attached hydrogens (tertiary/aromatic N) is 2. The molecule has 1 aromatic carbocycles. The number of halogens is 3. The molecule has 1 saturated heterocycles. The molecule has 0 N–H and O–H groups in total. The summed E-state index contributed by atoms with van der Waals surface area (Å²) in [6.07, 6.45) is 3.94. The predicted molar refractivity (Wildman–Crippen MR) is 76.0 cm³/mol. The molecular weight excluding hydrogens is 295 g/mol. The highest BCUT2D eigenvalue weighted by Gasteiger charge is 2.14. The maximum Gasteiger partial charge on any atom is 0.240 e. The fourth-order valence-electron chi connectivity index (χ4n) is 2.06. The normalized spacial score (nSPS) is 15.0. The smallest absolute Gasteiger partial charge is 0.240 e. The van der Waals surface area contributed by atoms with Gasteiger partial charge < -0.3 is 0 Å². The summed E-state index contributed by atoms with van der Waals surface area (Å²) < 4.78 is 0. The van der Waals surface area contributed by atoms with Crippen molar-refractivity contribution in [2.75, 3.05) is 13.1 Å². The third kappa shape index (κ3) is 3.71. The van der Waals surface area contributed by atoms with E-state index in [9.17, 15) is 4.79 Å². The molecule has 1 aliphatic rings. The van der Waals surface area contributed by atoms with Crippen LogP contribution < -0.4 is 0 Å². The van der Waals surface area contributed by atoms with Gasteiger partial charge in [-0.3, -0.25) is 4.90 Å².